The highest BCUT2D eigenvalue weighted by atomic mass is 16.5. The van der Waals surface area contributed by atoms with Crippen LogP contribution in [-0.4, -0.2) is 23.1 Å². The maximum absolute atomic E-state index is 12.4. The summed E-state index contributed by atoms with van der Waals surface area (Å²) < 4.78 is 5.80. The van der Waals surface area contributed by atoms with Crippen LogP contribution in [0.25, 0.3) is 0 Å². The lowest BCUT2D eigenvalue weighted by molar-refractivity contribution is -0.147. The standard InChI is InChI=1S/C30H56O4/c1-3-5-7-9-11-12-13-15-17-23-27-30(33)34-28(24-20-16-14-10-8-6-4-2)25-21-18-19-22-26-29(31)32/h20,24,28H,3-19,21-23,25-27H2,1-2H3,(H,31,32)/b24-20-. The van der Waals surface area contributed by atoms with Crippen LogP contribution < -0.4 is 0 Å². The van der Waals surface area contributed by atoms with E-state index in [-0.39, 0.29) is 18.5 Å². The van der Waals surface area contributed by atoms with Gasteiger partial charge in [-0.3, -0.25) is 9.59 Å². The normalized spacial score (nSPS) is 12.3. The molecule has 0 aliphatic rings. The maximum atomic E-state index is 12.4. The van der Waals surface area contributed by atoms with Gasteiger partial charge >= 0.3 is 11.9 Å². The van der Waals surface area contributed by atoms with Crippen molar-refractivity contribution in [2.75, 3.05) is 0 Å². The SMILES string of the molecule is CCCCCCC/C=C\C(CCCCCCC(=O)O)OC(=O)CCCCCCCCCCCC. The maximum Gasteiger partial charge on any atom is 0.306 e. The molecule has 0 aliphatic heterocycles. The highest BCUT2D eigenvalue weighted by Gasteiger charge is 2.11. The molecule has 0 amide bonds. The van der Waals surface area contributed by atoms with Gasteiger partial charge < -0.3 is 9.84 Å². The number of hydrogen-bond donors (Lipinski definition) is 1. The summed E-state index contributed by atoms with van der Waals surface area (Å²) in [5.41, 5.74) is 0. The topological polar surface area (TPSA) is 63.6 Å². The monoisotopic (exact) mass is 480 g/mol. The average molecular weight is 481 g/mol. The van der Waals surface area contributed by atoms with Gasteiger partial charge in [0.2, 0.25) is 0 Å². The van der Waals surface area contributed by atoms with Crippen molar-refractivity contribution in [2.45, 2.75) is 168 Å². The van der Waals surface area contributed by atoms with E-state index in [1.165, 1.54) is 83.5 Å². The van der Waals surface area contributed by atoms with E-state index >= 15 is 0 Å². The number of rotatable bonds is 26. The van der Waals surface area contributed by atoms with Crippen molar-refractivity contribution < 1.29 is 19.4 Å². The number of aliphatic carboxylic acids is 1. The second-order valence-corrected chi connectivity index (χ2v) is 9.94. The second kappa shape index (κ2) is 26.3. The molecule has 34 heavy (non-hydrogen) atoms. The Morgan fingerprint density at radius 2 is 1.12 bits per heavy atom. The number of carbonyl (C=O) groups is 2. The van der Waals surface area contributed by atoms with E-state index in [4.69, 9.17) is 9.84 Å². The highest BCUT2D eigenvalue weighted by molar-refractivity contribution is 5.69. The predicted molar refractivity (Wildman–Crippen MR) is 144 cm³/mol. The first-order valence-electron chi connectivity index (χ1n) is 14.7. The van der Waals surface area contributed by atoms with Crippen molar-refractivity contribution in [3.8, 4) is 0 Å². The van der Waals surface area contributed by atoms with Gasteiger partial charge in [0.25, 0.3) is 0 Å². The molecule has 200 valence electrons. The molecule has 4 heteroatoms. The summed E-state index contributed by atoms with van der Waals surface area (Å²) in [7, 11) is 0. The van der Waals surface area contributed by atoms with Crippen LogP contribution in [0.2, 0.25) is 0 Å². The summed E-state index contributed by atoms with van der Waals surface area (Å²) in [6.45, 7) is 4.49. The second-order valence-electron chi connectivity index (χ2n) is 9.94. The van der Waals surface area contributed by atoms with Gasteiger partial charge in [-0.05, 0) is 44.6 Å². The molecule has 4 nitrogen and oxygen atoms in total. The molecule has 0 heterocycles. The first kappa shape index (κ1) is 32.7. The van der Waals surface area contributed by atoms with E-state index < -0.39 is 5.97 Å². The molecule has 0 aromatic heterocycles. The summed E-state index contributed by atoms with van der Waals surface area (Å²) in [5.74, 6) is -0.788. The number of carbonyl (C=O) groups excluding carboxylic acids is 1. The molecule has 0 spiro atoms. The van der Waals surface area contributed by atoms with E-state index in [1.807, 2.05) is 0 Å². The van der Waals surface area contributed by atoms with Crippen molar-refractivity contribution in [3.05, 3.63) is 12.2 Å². The molecule has 1 N–H and O–H groups in total. The van der Waals surface area contributed by atoms with Gasteiger partial charge in [0.1, 0.15) is 6.10 Å². The third-order valence-electron chi connectivity index (χ3n) is 6.47. The molecule has 0 rings (SSSR count). The van der Waals surface area contributed by atoms with Gasteiger partial charge in [0.05, 0.1) is 0 Å². The Bertz CT molecular complexity index is 486. The lowest BCUT2D eigenvalue weighted by atomic mass is 10.1. The molecule has 0 aliphatic carbocycles. The molecular formula is C30H56O4. The number of carboxylic acid groups (broad SMARTS) is 1. The minimum absolute atomic E-state index is 0.0666. The van der Waals surface area contributed by atoms with Gasteiger partial charge in [-0.25, -0.2) is 0 Å². The number of hydrogen-bond acceptors (Lipinski definition) is 3. The zero-order chi connectivity index (χ0) is 25.1. The number of ether oxygens (including phenoxy) is 1. The lowest BCUT2D eigenvalue weighted by Crippen LogP contribution is -2.16. The molecule has 0 aromatic carbocycles. The van der Waals surface area contributed by atoms with Crippen LogP contribution >= 0.6 is 0 Å². The number of unbranched alkanes of at least 4 members (excludes halogenated alkanes) is 17. The highest BCUT2D eigenvalue weighted by Crippen LogP contribution is 2.15. The van der Waals surface area contributed by atoms with E-state index in [0.29, 0.717) is 6.42 Å². The van der Waals surface area contributed by atoms with Crippen LogP contribution in [0.15, 0.2) is 12.2 Å². The Hall–Kier alpha value is -1.32. The number of esters is 1. The van der Waals surface area contributed by atoms with Crippen molar-refractivity contribution >= 4 is 11.9 Å². The molecule has 1 unspecified atom stereocenters. The quantitative estimate of drug-likeness (QED) is 0.0760. The fraction of sp³-hybridized carbons (Fsp3) is 0.867. The van der Waals surface area contributed by atoms with Crippen LogP contribution in [0.4, 0.5) is 0 Å². The van der Waals surface area contributed by atoms with Crippen molar-refractivity contribution in [2.24, 2.45) is 0 Å². The fourth-order valence-electron chi connectivity index (χ4n) is 4.27. The number of allylic oxidation sites excluding steroid dienone is 1. The summed E-state index contributed by atoms with van der Waals surface area (Å²) in [6, 6.07) is 0. The molecule has 0 fully saturated rings. The van der Waals surface area contributed by atoms with Gasteiger partial charge in [-0.2, -0.15) is 0 Å². The van der Waals surface area contributed by atoms with E-state index in [2.05, 4.69) is 26.0 Å². The zero-order valence-corrected chi connectivity index (χ0v) is 22.7. The largest absolute Gasteiger partial charge is 0.481 e. The first-order chi connectivity index (χ1) is 16.6. The minimum Gasteiger partial charge on any atom is -0.481 e. The minimum atomic E-state index is -0.722. The summed E-state index contributed by atoms with van der Waals surface area (Å²) in [6.07, 6.45) is 29.4. The van der Waals surface area contributed by atoms with Gasteiger partial charge in [0.15, 0.2) is 0 Å². The predicted octanol–water partition coefficient (Wildman–Crippen LogP) is 9.55. The Morgan fingerprint density at radius 1 is 0.647 bits per heavy atom. The van der Waals surface area contributed by atoms with Crippen LogP contribution in [0.1, 0.15) is 162 Å². The van der Waals surface area contributed by atoms with E-state index in [0.717, 1.165) is 51.4 Å². The Kier molecular flexibility index (Phi) is 25.3. The number of carboxylic acids is 1. The zero-order valence-electron chi connectivity index (χ0n) is 22.7. The molecule has 0 saturated carbocycles. The first-order valence-corrected chi connectivity index (χ1v) is 14.7. The average Bonchev–Trinajstić information content (AvgIpc) is 2.81. The summed E-state index contributed by atoms with van der Waals surface area (Å²) in [4.78, 5) is 23.0. The summed E-state index contributed by atoms with van der Waals surface area (Å²) in [5, 5.41) is 8.75. The van der Waals surface area contributed by atoms with Crippen molar-refractivity contribution in [1.29, 1.82) is 0 Å². The molecule has 1 atom stereocenters. The van der Waals surface area contributed by atoms with E-state index in [1.54, 1.807) is 0 Å². The summed E-state index contributed by atoms with van der Waals surface area (Å²) >= 11 is 0. The molecule has 0 saturated heterocycles. The van der Waals surface area contributed by atoms with Crippen molar-refractivity contribution in [1.82, 2.24) is 0 Å². The van der Waals surface area contributed by atoms with Gasteiger partial charge in [-0.1, -0.05) is 116 Å². The molecule has 0 aromatic rings. The molecule has 0 bridgehead atoms. The molecule has 0 radical (unpaired) electrons. The van der Waals surface area contributed by atoms with Crippen LogP contribution in [-0.2, 0) is 14.3 Å². The van der Waals surface area contributed by atoms with Crippen molar-refractivity contribution in [3.63, 3.8) is 0 Å². The lowest BCUT2D eigenvalue weighted by Gasteiger charge is -2.15. The van der Waals surface area contributed by atoms with Crippen LogP contribution in [0.3, 0.4) is 0 Å². The van der Waals surface area contributed by atoms with E-state index in [9.17, 15) is 9.59 Å². The van der Waals surface area contributed by atoms with Gasteiger partial charge in [-0.15, -0.1) is 0 Å². The van der Waals surface area contributed by atoms with Crippen LogP contribution in [0.5, 0.6) is 0 Å². The Labute approximate surface area is 211 Å². The fourth-order valence-corrected chi connectivity index (χ4v) is 4.27. The smallest absolute Gasteiger partial charge is 0.306 e. The molecular weight excluding hydrogens is 424 g/mol. The third kappa shape index (κ3) is 25.3. The Morgan fingerprint density at radius 3 is 1.68 bits per heavy atom. The third-order valence-corrected chi connectivity index (χ3v) is 6.47. The Balaban J connectivity index is 4.08. The van der Waals surface area contributed by atoms with Gasteiger partial charge in [0, 0.05) is 12.8 Å². The van der Waals surface area contributed by atoms with Crippen LogP contribution in [0, 0.1) is 0 Å².